The van der Waals surface area contributed by atoms with Crippen LogP contribution in [0.1, 0.15) is 5.56 Å². The first-order valence-electron chi connectivity index (χ1n) is 3.54. The van der Waals surface area contributed by atoms with Gasteiger partial charge in [0.05, 0.1) is 0 Å². The number of benzene rings is 1. The van der Waals surface area contributed by atoms with Gasteiger partial charge in [-0.1, -0.05) is 12.1 Å². The van der Waals surface area contributed by atoms with Gasteiger partial charge in [-0.2, -0.15) is 0 Å². The van der Waals surface area contributed by atoms with Crippen molar-refractivity contribution in [3.8, 4) is 5.75 Å². The molecule has 0 atom stereocenters. The summed E-state index contributed by atoms with van der Waals surface area (Å²) in [6.45, 7) is 0.510. The molecule has 0 radical (unpaired) electrons. The maximum atomic E-state index is 8.95. The van der Waals surface area contributed by atoms with E-state index in [9.17, 15) is 0 Å². The van der Waals surface area contributed by atoms with E-state index in [1.807, 2.05) is 0 Å². The van der Waals surface area contributed by atoms with E-state index in [-0.39, 0.29) is 11.7 Å². The maximum absolute atomic E-state index is 8.95. The number of guanidine groups is 1. The van der Waals surface area contributed by atoms with Crippen molar-refractivity contribution in [1.82, 2.24) is 5.32 Å². The largest absolute Gasteiger partial charge is 0.508 e. The second-order valence-corrected chi connectivity index (χ2v) is 2.43. The van der Waals surface area contributed by atoms with Crippen LogP contribution in [0.5, 0.6) is 5.75 Å². The molecule has 0 aliphatic rings. The highest BCUT2D eigenvalue weighted by atomic mass is 16.3. The summed E-state index contributed by atoms with van der Waals surface area (Å²) in [6.07, 6.45) is 0. The Morgan fingerprint density at radius 1 is 1.42 bits per heavy atom. The van der Waals surface area contributed by atoms with E-state index in [2.05, 4.69) is 5.32 Å². The summed E-state index contributed by atoms with van der Waals surface area (Å²) in [5.74, 6) is 0.185. The van der Waals surface area contributed by atoms with Crippen LogP contribution in [0.25, 0.3) is 0 Å². The summed E-state index contributed by atoms with van der Waals surface area (Å²) < 4.78 is 0. The summed E-state index contributed by atoms with van der Waals surface area (Å²) in [7, 11) is 0. The lowest BCUT2D eigenvalue weighted by atomic mass is 10.2. The van der Waals surface area contributed by atoms with Crippen LogP contribution >= 0.6 is 0 Å². The summed E-state index contributed by atoms with van der Waals surface area (Å²) in [4.78, 5) is 0. The zero-order chi connectivity index (χ0) is 8.97. The van der Waals surface area contributed by atoms with Crippen molar-refractivity contribution in [1.29, 1.82) is 5.41 Å². The minimum atomic E-state index is -0.0527. The van der Waals surface area contributed by atoms with E-state index in [1.54, 1.807) is 24.3 Å². The lowest BCUT2D eigenvalue weighted by Crippen LogP contribution is -2.29. The molecule has 0 aliphatic carbocycles. The molecule has 0 aromatic heterocycles. The summed E-state index contributed by atoms with van der Waals surface area (Å²) in [6, 6.07) is 6.73. The molecule has 0 aliphatic heterocycles. The van der Waals surface area contributed by atoms with Crippen molar-refractivity contribution in [3.05, 3.63) is 29.8 Å². The smallest absolute Gasteiger partial charge is 0.185 e. The van der Waals surface area contributed by atoms with Crippen LogP contribution in [-0.2, 0) is 6.54 Å². The number of phenols is 1. The van der Waals surface area contributed by atoms with Gasteiger partial charge in [0.25, 0.3) is 0 Å². The Balaban J connectivity index is 2.53. The van der Waals surface area contributed by atoms with Crippen molar-refractivity contribution in [3.63, 3.8) is 0 Å². The van der Waals surface area contributed by atoms with E-state index in [4.69, 9.17) is 16.2 Å². The van der Waals surface area contributed by atoms with Gasteiger partial charge < -0.3 is 16.2 Å². The molecule has 0 spiro atoms. The first-order valence-corrected chi connectivity index (χ1v) is 3.54. The second-order valence-electron chi connectivity index (χ2n) is 2.43. The van der Waals surface area contributed by atoms with Crippen molar-refractivity contribution in [2.75, 3.05) is 0 Å². The second kappa shape index (κ2) is 3.61. The first kappa shape index (κ1) is 8.39. The van der Waals surface area contributed by atoms with Gasteiger partial charge in [-0.15, -0.1) is 0 Å². The molecule has 0 saturated carbocycles. The number of phenolic OH excluding ortho intramolecular Hbond substituents is 1. The van der Waals surface area contributed by atoms with Gasteiger partial charge >= 0.3 is 0 Å². The fourth-order valence-corrected chi connectivity index (χ4v) is 0.811. The van der Waals surface area contributed by atoms with Crippen LogP contribution in [0.15, 0.2) is 24.3 Å². The van der Waals surface area contributed by atoms with E-state index in [0.29, 0.717) is 6.54 Å². The number of nitrogens with one attached hydrogen (secondary N) is 2. The molecule has 0 unspecified atom stereocenters. The van der Waals surface area contributed by atoms with Crippen LogP contribution in [0, 0.1) is 5.41 Å². The third-order valence-electron chi connectivity index (χ3n) is 1.42. The molecule has 1 aromatic carbocycles. The molecular weight excluding hydrogens is 154 g/mol. The Hall–Kier alpha value is -1.71. The first-order chi connectivity index (χ1) is 5.68. The van der Waals surface area contributed by atoms with Crippen molar-refractivity contribution < 1.29 is 5.11 Å². The normalized spacial score (nSPS) is 9.33. The van der Waals surface area contributed by atoms with E-state index >= 15 is 0 Å². The highest BCUT2D eigenvalue weighted by Gasteiger charge is 1.92. The average Bonchev–Trinajstić information content (AvgIpc) is 2.03. The zero-order valence-corrected chi connectivity index (χ0v) is 6.54. The third-order valence-corrected chi connectivity index (χ3v) is 1.42. The van der Waals surface area contributed by atoms with Crippen LogP contribution in [0.2, 0.25) is 0 Å². The van der Waals surface area contributed by atoms with E-state index in [0.717, 1.165) is 5.56 Å². The van der Waals surface area contributed by atoms with Gasteiger partial charge in [-0.3, -0.25) is 5.41 Å². The number of hydrogen-bond acceptors (Lipinski definition) is 2. The molecule has 1 aromatic rings. The van der Waals surface area contributed by atoms with Gasteiger partial charge in [-0.25, -0.2) is 0 Å². The highest BCUT2D eigenvalue weighted by Crippen LogP contribution is 2.08. The minimum absolute atomic E-state index is 0.0527. The molecule has 64 valence electrons. The van der Waals surface area contributed by atoms with Crippen molar-refractivity contribution in [2.24, 2.45) is 5.73 Å². The summed E-state index contributed by atoms with van der Waals surface area (Å²) >= 11 is 0. The number of nitrogens with two attached hydrogens (primary N) is 1. The molecule has 1 rings (SSSR count). The van der Waals surface area contributed by atoms with Crippen LogP contribution in [0.3, 0.4) is 0 Å². The molecule has 4 heteroatoms. The minimum Gasteiger partial charge on any atom is -0.508 e. The van der Waals surface area contributed by atoms with Gasteiger partial charge in [0, 0.05) is 6.54 Å². The molecule has 12 heavy (non-hydrogen) atoms. The molecule has 0 amide bonds. The Morgan fingerprint density at radius 3 is 2.50 bits per heavy atom. The lowest BCUT2D eigenvalue weighted by molar-refractivity contribution is 0.475. The van der Waals surface area contributed by atoms with Crippen LogP contribution in [-0.4, -0.2) is 11.1 Å². The number of hydrogen-bond donors (Lipinski definition) is 4. The van der Waals surface area contributed by atoms with E-state index < -0.39 is 0 Å². The van der Waals surface area contributed by atoms with Crippen LogP contribution in [0.4, 0.5) is 0 Å². The van der Waals surface area contributed by atoms with E-state index in [1.165, 1.54) is 0 Å². The lowest BCUT2D eigenvalue weighted by Gasteiger charge is -2.02. The SMILES string of the molecule is N=C(N)NCc1ccc(O)cc1. The average molecular weight is 165 g/mol. The Kier molecular flexibility index (Phi) is 2.53. The summed E-state index contributed by atoms with van der Waals surface area (Å²) in [5.41, 5.74) is 6.07. The number of aromatic hydroxyl groups is 1. The van der Waals surface area contributed by atoms with Gasteiger partial charge in [0.15, 0.2) is 5.96 Å². The maximum Gasteiger partial charge on any atom is 0.185 e. The molecular formula is C8H11N3O. The Bertz CT molecular complexity index is 268. The van der Waals surface area contributed by atoms with Crippen molar-refractivity contribution >= 4 is 5.96 Å². The monoisotopic (exact) mass is 165 g/mol. The predicted molar refractivity (Wildman–Crippen MR) is 46.9 cm³/mol. The Morgan fingerprint density at radius 2 is 2.00 bits per heavy atom. The van der Waals surface area contributed by atoms with Crippen molar-refractivity contribution in [2.45, 2.75) is 6.54 Å². The highest BCUT2D eigenvalue weighted by molar-refractivity contribution is 5.74. The van der Waals surface area contributed by atoms with Gasteiger partial charge in [0.2, 0.25) is 0 Å². The predicted octanol–water partition coefficient (Wildman–Crippen LogP) is 0.375. The molecule has 0 heterocycles. The molecule has 4 nitrogen and oxygen atoms in total. The zero-order valence-electron chi connectivity index (χ0n) is 6.54. The number of rotatable bonds is 2. The third kappa shape index (κ3) is 2.49. The molecule has 0 saturated heterocycles. The standard InChI is InChI=1S/C8H11N3O/c9-8(10)11-5-6-1-3-7(12)4-2-6/h1-4,12H,5H2,(H4,9,10,11). The quantitative estimate of drug-likeness (QED) is 0.377. The molecule has 0 bridgehead atoms. The van der Waals surface area contributed by atoms with Crippen LogP contribution < -0.4 is 11.1 Å². The fourth-order valence-electron chi connectivity index (χ4n) is 0.811. The summed E-state index contributed by atoms with van der Waals surface area (Å²) in [5, 5.41) is 18.5. The fraction of sp³-hybridized carbons (Fsp3) is 0.125. The van der Waals surface area contributed by atoms with Gasteiger partial charge in [-0.05, 0) is 17.7 Å². The molecule has 0 fully saturated rings. The molecule has 5 N–H and O–H groups in total. The van der Waals surface area contributed by atoms with Gasteiger partial charge in [0.1, 0.15) is 5.75 Å². The topological polar surface area (TPSA) is 82.1 Å². The Labute approximate surface area is 70.5 Å².